The van der Waals surface area contributed by atoms with Gasteiger partial charge < -0.3 is 10.4 Å². The van der Waals surface area contributed by atoms with Crippen LogP contribution in [0.2, 0.25) is 0 Å². The predicted octanol–water partition coefficient (Wildman–Crippen LogP) is 2.59. The molecule has 5 heteroatoms. The quantitative estimate of drug-likeness (QED) is 0.731. The molecule has 0 spiro atoms. The van der Waals surface area contributed by atoms with Gasteiger partial charge in [-0.15, -0.1) is 0 Å². The van der Waals surface area contributed by atoms with Crippen molar-refractivity contribution in [2.45, 2.75) is 45.6 Å². The first-order valence-electron chi connectivity index (χ1n) is 8.52. The molecular formula is C19H25N3O2. The Hall–Kier alpha value is -2.14. The molecule has 1 saturated carbocycles. The second kappa shape index (κ2) is 6.77. The van der Waals surface area contributed by atoms with Crippen molar-refractivity contribution in [1.29, 1.82) is 0 Å². The highest BCUT2D eigenvalue weighted by molar-refractivity contribution is 5.76. The highest BCUT2D eigenvalue weighted by atomic mass is 16.3. The number of aliphatic hydroxyl groups is 1. The van der Waals surface area contributed by atoms with Crippen LogP contribution in [-0.4, -0.2) is 27.8 Å². The Kier molecular flexibility index (Phi) is 4.71. The average molecular weight is 327 g/mol. The molecule has 1 fully saturated rings. The van der Waals surface area contributed by atoms with Gasteiger partial charge in [-0.3, -0.25) is 9.89 Å². The van der Waals surface area contributed by atoms with E-state index in [0.717, 1.165) is 35.4 Å². The van der Waals surface area contributed by atoms with E-state index in [1.807, 2.05) is 44.2 Å². The number of carbonyl (C=O) groups excluding carboxylic acids is 1. The molecule has 0 radical (unpaired) electrons. The van der Waals surface area contributed by atoms with Crippen molar-refractivity contribution in [3.8, 4) is 0 Å². The molecular weight excluding hydrogens is 302 g/mol. The maximum Gasteiger partial charge on any atom is 0.220 e. The van der Waals surface area contributed by atoms with Crippen LogP contribution in [0.1, 0.15) is 47.9 Å². The van der Waals surface area contributed by atoms with E-state index in [1.165, 1.54) is 0 Å². The molecule has 5 nitrogen and oxygen atoms in total. The lowest BCUT2D eigenvalue weighted by atomic mass is 9.92. The number of carbonyl (C=O) groups is 1. The lowest BCUT2D eigenvalue weighted by molar-refractivity contribution is -0.121. The molecule has 1 aromatic heterocycles. The second-order valence-electron chi connectivity index (χ2n) is 6.86. The molecule has 3 rings (SSSR count). The number of amides is 1. The second-order valence-corrected chi connectivity index (χ2v) is 6.86. The van der Waals surface area contributed by atoms with Gasteiger partial charge in [-0.1, -0.05) is 30.3 Å². The van der Waals surface area contributed by atoms with Crippen LogP contribution >= 0.6 is 0 Å². The van der Waals surface area contributed by atoms with E-state index in [1.54, 1.807) is 0 Å². The largest absolute Gasteiger partial charge is 0.388 e. The molecule has 1 amide bonds. The number of nitrogens with zero attached hydrogens (tertiary/aromatic N) is 1. The third kappa shape index (κ3) is 3.51. The van der Waals surface area contributed by atoms with Crippen LogP contribution < -0.4 is 5.32 Å². The molecule has 0 bridgehead atoms. The summed E-state index contributed by atoms with van der Waals surface area (Å²) < 4.78 is 0. The molecule has 1 unspecified atom stereocenters. The van der Waals surface area contributed by atoms with Gasteiger partial charge in [0.15, 0.2) is 0 Å². The molecule has 3 N–H and O–H groups in total. The van der Waals surface area contributed by atoms with E-state index in [0.29, 0.717) is 19.4 Å². The topological polar surface area (TPSA) is 78.0 Å². The molecule has 1 heterocycles. The molecule has 2 aromatic rings. The van der Waals surface area contributed by atoms with Gasteiger partial charge in [0.25, 0.3) is 0 Å². The first-order valence-corrected chi connectivity index (χ1v) is 8.52. The van der Waals surface area contributed by atoms with Crippen molar-refractivity contribution >= 4 is 5.91 Å². The van der Waals surface area contributed by atoms with Crippen molar-refractivity contribution in [3.63, 3.8) is 0 Å². The van der Waals surface area contributed by atoms with Gasteiger partial charge in [0.1, 0.15) is 0 Å². The van der Waals surface area contributed by atoms with E-state index in [2.05, 4.69) is 15.5 Å². The zero-order chi connectivity index (χ0) is 17.2. The number of aryl methyl sites for hydroxylation is 2. The molecule has 1 aromatic carbocycles. The minimum atomic E-state index is -0.516. The van der Waals surface area contributed by atoms with Crippen molar-refractivity contribution < 1.29 is 9.90 Å². The Morgan fingerprint density at radius 2 is 2.04 bits per heavy atom. The summed E-state index contributed by atoms with van der Waals surface area (Å²) in [6, 6.07) is 9.69. The van der Waals surface area contributed by atoms with Crippen LogP contribution in [0.4, 0.5) is 0 Å². The first kappa shape index (κ1) is 16.7. The third-order valence-electron chi connectivity index (χ3n) is 5.11. The van der Waals surface area contributed by atoms with E-state index in [-0.39, 0.29) is 11.3 Å². The highest BCUT2D eigenvalue weighted by Crippen LogP contribution is 2.54. The number of rotatable bonds is 7. The number of hydrogen-bond donors (Lipinski definition) is 3. The van der Waals surface area contributed by atoms with Crippen molar-refractivity contribution in [1.82, 2.24) is 15.5 Å². The summed E-state index contributed by atoms with van der Waals surface area (Å²) in [5, 5.41) is 20.7. The van der Waals surface area contributed by atoms with Gasteiger partial charge in [-0.05, 0) is 44.2 Å². The fourth-order valence-electron chi connectivity index (χ4n) is 3.24. The summed E-state index contributed by atoms with van der Waals surface area (Å²) in [5.41, 5.74) is 3.83. The zero-order valence-electron chi connectivity index (χ0n) is 14.3. The average Bonchev–Trinajstić information content (AvgIpc) is 3.33. The SMILES string of the molecule is Cc1n[nH]c(C)c1CCC(=O)NCC1(C(O)c2ccccc2)CC1. The Morgan fingerprint density at radius 3 is 2.62 bits per heavy atom. The Labute approximate surface area is 142 Å². The number of hydrogen-bond acceptors (Lipinski definition) is 3. The Morgan fingerprint density at radius 1 is 1.33 bits per heavy atom. The highest BCUT2D eigenvalue weighted by Gasteiger charge is 2.49. The molecule has 1 aliphatic rings. The van der Waals surface area contributed by atoms with E-state index < -0.39 is 6.10 Å². The van der Waals surface area contributed by atoms with Gasteiger partial charge in [0.05, 0.1) is 11.8 Å². The molecule has 0 aliphatic heterocycles. The fraction of sp³-hybridized carbons (Fsp3) is 0.474. The first-order chi connectivity index (χ1) is 11.5. The van der Waals surface area contributed by atoms with Crippen LogP contribution in [0.3, 0.4) is 0 Å². The van der Waals surface area contributed by atoms with Gasteiger partial charge in [0.2, 0.25) is 5.91 Å². The number of aromatic amines is 1. The fourth-order valence-corrected chi connectivity index (χ4v) is 3.24. The third-order valence-corrected chi connectivity index (χ3v) is 5.11. The summed E-state index contributed by atoms with van der Waals surface area (Å²) in [6.07, 6.45) is 2.51. The minimum Gasteiger partial charge on any atom is -0.388 e. The number of aromatic nitrogens is 2. The van der Waals surface area contributed by atoms with Crippen molar-refractivity contribution in [2.75, 3.05) is 6.54 Å². The van der Waals surface area contributed by atoms with E-state index in [4.69, 9.17) is 0 Å². The molecule has 24 heavy (non-hydrogen) atoms. The summed E-state index contributed by atoms with van der Waals surface area (Å²) in [7, 11) is 0. The maximum atomic E-state index is 12.2. The van der Waals surface area contributed by atoms with Crippen LogP contribution in [0.5, 0.6) is 0 Å². The van der Waals surface area contributed by atoms with Gasteiger partial charge in [0, 0.05) is 24.1 Å². The Balaban J connectivity index is 1.51. The van der Waals surface area contributed by atoms with Gasteiger partial charge >= 0.3 is 0 Å². The number of H-pyrrole nitrogens is 1. The van der Waals surface area contributed by atoms with Crippen LogP contribution in [0.25, 0.3) is 0 Å². The molecule has 128 valence electrons. The lowest BCUT2D eigenvalue weighted by Gasteiger charge is -2.23. The van der Waals surface area contributed by atoms with Crippen LogP contribution in [-0.2, 0) is 11.2 Å². The van der Waals surface area contributed by atoms with Crippen LogP contribution in [0, 0.1) is 19.3 Å². The number of nitrogens with one attached hydrogen (secondary N) is 2. The van der Waals surface area contributed by atoms with Crippen LogP contribution in [0.15, 0.2) is 30.3 Å². The van der Waals surface area contributed by atoms with E-state index >= 15 is 0 Å². The van der Waals surface area contributed by atoms with Crippen molar-refractivity contribution in [2.24, 2.45) is 5.41 Å². The van der Waals surface area contributed by atoms with E-state index in [9.17, 15) is 9.90 Å². The summed E-state index contributed by atoms with van der Waals surface area (Å²) in [5.74, 6) is 0.0292. The maximum absolute atomic E-state index is 12.2. The minimum absolute atomic E-state index is 0.0292. The monoisotopic (exact) mass is 327 g/mol. The van der Waals surface area contributed by atoms with Gasteiger partial charge in [-0.25, -0.2) is 0 Å². The molecule has 0 saturated heterocycles. The lowest BCUT2D eigenvalue weighted by Crippen LogP contribution is -2.33. The molecule has 1 aliphatic carbocycles. The zero-order valence-corrected chi connectivity index (χ0v) is 14.3. The summed E-state index contributed by atoms with van der Waals surface area (Å²) in [4.78, 5) is 12.2. The van der Waals surface area contributed by atoms with Gasteiger partial charge in [-0.2, -0.15) is 5.10 Å². The number of benzene rings is 1. The molecule has 1 atom stereocenters. The standard InChI is InChI=1S/C19H25N3O2/c1-13-16(14(2)22-21-13)8-9-17(23)20-12-19(10-11-19)18(24)15-6-4-3-5-7-15/h3-7,18,24H,8-12H2,1-2H3,(H,20,23)(H,21,22). The van der Waals surface area contributed by atoms with Crippen molar-refractivity contribution in [3.05, 3.63) is 52.8 Å². The number of aliphatic hydroxyl groups excluding tert-OH is 1. The summed E-state index contributed by atoms with van der Waals surface area (Å²) >= 11 is 0. The predicted molar refractivity (Wildman–Crippen MR) is 92.5 cm³/mol. The Bertz CT molecular complexity index is 685. The normalized spacial score (nSPS) is 16.6. The summed E-state index contributed by atoms with van der Waals surface area (Å²) in [6.45, 7) is 4.46. The smallest absolute Gasteiger partial charge is 0.220 e.